The van der Waals surface area contributed by atoms with E-state index in [9.17, 15) is 0 Å². The smallest absolute Gasteiger partial charge is 0.144 e. The van der Waals surface area contributed by atoms with Gasteiger partial charge in [-0.1, -0.05) is 60.7 Å². The van der Waals surface area contributed by atoms with E-state index in [1.54, 1.807) is 0 Å². The van der Waals surface area contributed by atoms with Crippen molar-refractivity contribution < 1.29 is 4.42 Å². The van der Waals surface area contributed by atoms with Crippen LogP contribution in [-0.2, 0) is 0 Å². The molecule has 0 aliphatic carbocycles. The quantitative estimate of drug-likeness (QED) is 0.333. The Morgan fingerprint density at radius 1 is 0.655 bits per heavy atom. The monoisotopic (exact) mass is 372 g/mol. The van der Waals surface area contributed by atoms with E-state index >= 15 is 0 Å². The van der Waals surface area contributed by atoms with Crippen LogP contribution in [0.5, 0.6) is 0 Å². The lowest BCUT2D eigenvalue weighted by molar-refractivity contribution is 0.670. The molecule has 0 bridgehead atoms. The van der Waals surface area contributed by atoms with Crippen molar-refractivity contribution in [3.05, 3.63) is 97.2 Å². The molecule has 3 nitrogen and oxygen atoms in total. The standard InChI is InChI=1S/C26H16N2O/c1-2-8-17(9-3-1)25-20-13-7-15-27-22(20)16-23(28-25)21-12-6-11-19-18-10-4-5-14-24(18)29-26(19)21/h1-16H. The molecule has 6 aromatic rings. The number of pyridine rings is 2. The molecule has 0 fully saturated rings. The maximum atomic E-state index is 6.24. The van der Waals surface area contributed by atoms with E-state index in [1.807, 2.05) is 54.7 Å². The molecular formula is C26H16N2O. The highest BCUT2D eigenvalue weighted by Crippen LogP contribution is 2.37. The number of aromatic nitrogens is 2. The molecule has 0 amide bonds. The number of furan rings is 1. The van der Waals surface area contributed by atoms with Gasteiger partial charge in [0.05, 0.1) is 16.9 Å². The van der Waals surface area contributed by atoms with Crippen LogP contribution in [-0.4, -0.2) is 9.97 Å². The largest absolute Gasteiger partial charge is 0.455 e. The van der Waals surface area contributed by atoms with E-state index in [0.29, 0.717) is 0 Å². The van der Waals surface area contributed by atoms with Crippen molar-refractivity contribution in [2.24, 2.45) is 0 Å². The van der Waals surface area contributed by atoms with Crippen LogP contribution in [0, 0.1) is 0 Å². The first-order valence-corrected chi connectivity index (χ1v) is 9.60. The third-order valence-electron chi connectivity index (χ3n) is 5.33. The van der Waals surface area contributed by atoms with E-state index in [2.05, 4.69) is 47.4 Å². The second-order valence-corrected chi connectivity index (χ2v) is 7.07. The number of hydrogen-bond acceptors (Lipinski definition) is 3. The molecule has 0 N–H and O–H groups in total. The van der Waals surface area contributed by atoms with Gasteiger partial charge in [0.15, 0.2) is 0 Å². The average molecular weight is 372 g/mol. The maximum absolute atomic E-state index is 6.24. The number of hydrogen-bond donors (Lipinski definition) is 0. The van der Waals surface area contributed by atoms with Gasteiger partial charge in [0.1, 0.15) is 11.2 Å². The van der Waals surface area contributed by atoms with E-state index in [-0.39, 0.29) is 0 Å². The van der Waals surface area contributed by atoms with Gasteiger partial charge in [-0.05, 0) is 30.3 Å². The summed E-state index contributed by atoms with van der Waals surface area (Å²) in [4.78, 5) is 9.67. The molecule has 3 heteroatoms. The third-order valence-corrected chi connectivity index (χ3v) is 5.33. The molecule has 3 heterocycles. The van der Waals surface area contributed by atoms with Crippen molar-refractivity contribution >= 4 is 32.8 Å². The summed E-state index contributed by atoms with van der Waals surface area (Å²) >= 11 is 0. The Morgan fingerprint density at radius 2 is 1.45 bits per heavy atom. The first-order chi connectivity index (χ1) is 14.4. The van der Waals surface area contributed by atoms with Crippen LogP contribution in [0.1, 0.15) is 0 Å². The highest BCUT2D eigenvalue weighted by atomic mass is 16.3. The van der Waals surface area contributed by atoms with Crippen LogP contribution in [0.2, 0.25) is 0 Å². The molecule has 3 aromatic carbocycles. The zero-order chi connectivity index (χ0) is 19.2. The summed E-state index contributed by atoms with van der Waals surface area (Å²) < 4.78 is 6.24. The minimum Gasteiger partial charge on any atom is -0.455 e. The van der Waals surface area contributed by atoms with Crippen LogP contribution >= 0.6 is 0 Å². The summed E-state index contributed by atoms with van der Waals surface area (Å²) in [6, 6.07) is 30.7. The Hall–Kier alpha value is -3.98. The fourth-order valence-corrected chi connectivity index (χ4v) is 3.98. The van der Waals surface area contributed by atoms with E-state index in [4.69, 9.17) is 9.40 Å². The van der Waals surface area contributed by atoms with Crippen LogP contribution in [0.25, 0.3) is 55.4 Å². The SMILES string of the molecule is c1ccc(-c2nc(-c3cccc4c3oc3ccccc34)cc3ncccc23)cc1. The predicted molar refractivity (Wildman–Crippen MR) is 118 cm³/mol. The minimum absolute atomic E-state index is 0.857. The summed E-state index contributed by atoms with van der Waals surface area (Å²) in [5, 5.41) is 3.26. The first-order valence-electron chi connectivity index (χ1n) is 9.60. The van der Waals surface area contributed by atoms with Gasteiger partial charge in [0, 0.05) is 33.5 Å². The summed E-state index contributed by atoms with van der Waals surface area (Å²) in [5.74, 6) is 0. The van der Waals surface area contributed by atoms with E-state index in [0.717, 1.165) is 55.4 Å². The van der Waals surface area contributed by atoms with Gasteiger partial charge in [-0.25, -0.2) is 4.98 Å². The van der Waals surface area contributed by atoms with Gasteiger partial charge in [-0.2, -0.15) is 0 Å². The summed E-state index contributed by atoms with van der Waals surface area (Å²) in [7, 11) is 0. The van der Waals surface area contributed by atoms with Crippen molar-refractivity contribution in [2.45, 2.75) is 0 Å². The van der Waals surface area contributed by atoms with Gasteiger partial charge in [0.2, 0.25) is 0 Å². The third kappa shape index (κ3) is 2.52. The lowest BCUT2D eigenvalue weighted by Crippen LogP contribution is -1.92. The fourth-order valence-electron chi connectivity index (χ4n) is 3.98. The van der Waals surface area contributed by atoms with Crippen molar-refractivity contribution in [3.63, 3.8) is 0 Å². The van der Waals surface area contributed by atoms with E-state index in [1.165, 1.54) is 0 Å². The molecule has 0 unspecified atom stereocenters. The Balaban J connectivity index is 1.69. The zero-order valence-corrected chi connectivity index (χ0v) is 15.5. The molecule has 6 rings (SSSR count). The summed E-state index contributed by atoms with van der Waals surface area (Å²) in [5.41, 5.74) is 6.50. The molecule has 0 saturated heterocycles. The molecule has 0 radical (unpaired) electrons. The lowest BCUT2D eigenvalue weighted by Gasteiger charge is -2.10. The van der Waals surface area contributed by atoms with Crippen LogP contribution < -0.4 is 0 Å². The molecule has 136 valence electrons. The minimum atomic E-state index is 0.857. The number of nitrogens with zero attached hydrogens (tertiary/aromatic N) is 2. The number of fused-ring (bicyclic) bond motifs is 4. The molecule has 0 spiro atoms. The Kier molecular flexibility index (Phi) is 3.47. The topological polar surface area (TPSA) is 38.9 Å². The Morgan fingerprint density at radius 3 is 2.38 bits per heavy atom. The average Bonchev–Trinajstić information content (AvgIpc) is 3.18. The molecule has 29 heavy (non-hydrogen) atoms. The Bertz CT molecular complexity index is 1500. The van der Waals surface area contributed by atoms with Crippen molar-refractivity contribution in [3.8, 4) is 22.5 Å². The molecule has 3 aromatic heterocycles. The second kappa shape index (κ2) is 6.28. The molecular weight excluding hydrogens is 356 g/mol. The van der Waals surface area contributed by atoms with Crippen molar-refractivity contribution in [1.82, 2.24) is 9.97 Å². The summed E-state index contributed by atoms with van der Waals surface area (Å²) in [6.45, 7) is 0. The molecule has 0 aliphatic heterocycles. The highest BCUT2D eigenvalue weighted by Gasteiger charge is 2.15. The number of benzene rings is 3. The zero-order valence-electron chi connectivity index (χ0n) is 15.5. The molecule has 0 aliphatic rings. The summed E-state index contributed by atoms with van der Waals surface area (Å²) in [6.07, 6.45) is 1.82. The predicted octanol–water partition coefficient (Wildman–Crippen LogP) is 6.86. The van der Waals surface area contributed by atoms with Gasteiger partial charge in [0.25, 0.3) is 0 Å². The first kappa shape index (κ1) is 16.0. The van der Waals surface area contributed by atoms with Gasteiger partial charge < -0.3 is 4.42 Å². The van der Waals surface area contributed by atoms with Crippen LogP contribution in [0.15, 0.2) is 102 Å². The molecule has 0 saturated carbocycles. The van der Waals surface area contributed by atoms with Crippen molar-refractivity contribution in [2.75, 3.05) is 0 Å². The second-order valence-electron chi connectivity index (χ2n) is 7.07. The van der Waals surface area contributed by atoms with Gasteiger partial charge in [-0.15, -0.1) is 0 Å². The van der Waals surface area contributed by atoms with Gasteiger partial charge >= 0.3 is 0 Å². The van der Waals surface area contributed by atoms with E-state index < -0.39 is 0 Å². The fraction of sp³-hybridized carbons (Fsp3) is 0. The van der Waals surface area contributed by atoms with Gasteiger partial charge in [-0.3, -0.25) is 4.98 Å². The molecule has 0 atom stereocenters. The number of para-hydroxylation sites is 2. The van der Waals surface area contributed by atoms with Crippen LogP contribution in [0.3, 0.4) is 0 Å². The van der Waals surface area contributed by atoms with Crippen LogP contribution in [0.4, 0.5) is 0 Å². The normalized spacial score (nSPS) is 11.4. The Labute approximate surface area is 167 Å². The maximum Gasteiger partial charge on any atom is 0.144 e. The van der Waals surface area contributed by atoms with Crippen molar-refractivity contribution in [1.29, 1.82) is 0 Å². The highest BCUT2D eigenvalue weighted by molar-refractivity contribution is 6.09. The number of rotatable bonds is 2. The lowest BCUT2D eigenvalue weighted by atomic mass is 10.0.